The molecule has 0 unspecified atom stereocenters. The Labute approximate surface area is 194 Å². The van der Waals surface area contributed by atoms with Crippen LogP contribution in [0.1, 0.15) is 41.4 Å². The van der Waals surface area contributed by atoms with Crippen molar-refractivity contribution < 1.29 is 15.0 Å². The molecule has 1 aliphatic carbocycles. The Kier molecular flexibility index (Phi) is 7.35. The van der Waals surface area contributed by atoms with Crippen LogP contribution in [-0.4, -0.2) is 87.7 Å². The first-order valence-corrected chi connectivity index (χ1v) is 11.9. The van der Waals surface area contributed by atoms with Crippen molar-refractivity contribution in [2.75, 3.05) is 45.8 Å². The van der Waals surface area contributed by atoms with Gasteiger partial charge in [0.1, 0.15) is 5.75 Å². The maximum Gasteiger partial charge on any atom is 0.274 e. The second-order valence-corrected chi connectivity index (χ2v) is 9.05. The van der Waals surface area contributed by atoms with Crippen molar-refractivity contribution >= 4 is 5.91 Å². The molecule has 0 saturated carbocycles. The predicted octanol–water partition coefficient (Wildman–Crippen LogP) is 1.81. The molecular weight excluding hydrogens is 420 g/mol. The van der Waals surface area contributed by atoms with Crippen LogP contribution in [0.2, 0.25) is 0 Å². The molecule has 1 aliphatic heterocycles. The molecule has 0 radical (unpaired) electrons. The molecule has 2 heterocycles. The monoisotopic (exact) mass is 454 g/mol. The molecule has 2 aliphatic rings. The highest BCUT2D eigenvalue weighted by Crippen LogP contribution is 2.30. The number of fused-ring (bicyclic) bond motifs is 1. The van der Waals surface area contributed by atoms with E-state index in [2.05, 4.69) is 27.8 Å². The second kappa shape index (κ2) is 10.4. The van der Waals surface area contributed by atoms with E-state index in [1.807, 2.05) is 6.07 Å². The third-order valence-corrected chi connectivity index (χ3v) is 6.97. The van der Waals surface area contributed by atoms with Crippen molar-refractivity contribution in [1.82, 2.24) is 19.7 Å². The van der Waals surface area contributed by atoms with E-state index in [0.29, 0.717) is 24.9 Å². The zero-order valence-electron chi connectivity index (χ0n) is 19.3. The van der Waals surface area contributed by atoms with Crippen molar-refractivity contribution in [1.29, 1.82) is 0 Å². The lowest BCUT2D eigenvalue weighted by Gasteiger charge is -2.39. The molecule has 3 N–H and O–H groups in total. The number of nitrogens with zero attached hydrogens (tertiary/aromatic N) is 3. The van der Waals surface area contributed by atoms with Crippen LogP contribution in [0.25, 0.3) is 0 Å². The van der Waals surface area contributed by atoms with Crippen LogP contribution in [-0.2, 0) is 12.8 Å². The quantitative estimate of drug-likeness (QED) is 0.590. The Morgan fingerprint density at radius 3 is 2.70 bits per heavy atom. The Bertz CT molecular complexity index is 1030. The van der Waals surface area contributed by atoms with E-state index in [9.17, 15) is 19.8 Å². The van der Waals surface area contributed by atoms with Crippen LogP contribution in [0.5, 0.6) is 11.5 Å². The molecule has 1 fully saturated rings. The smallest absolute Gasteiger partial charge is 0.274 e. The molecule has 33 heavy (non-hydrogen) atoms. The number of carbonyl (C=O) groups excluding carboxylic acids is 1. The number of H-pyrrole nitrogens is 1. The number of benzene rings is 1. The van der Waals surface area contributed by atoms with E-state index in [1.165, 1.54) is 17.8 Å². The summed E-state index contributed by atoms with van der Waals surface area (Å²) in [5.74, 6) is -0.419. The Morgan fingerprint density at radius 2 is 1.94 bits per heavy atom. The fourth-order valence-electron chi connectivity index (χ4n) is 5.08. The van der Waals surface area contributed by atoms with E-state index in [1.54, 1.807) is 11.0 Å². The van der Waals surface area contributed by atoms with Gasteiger partial charge in [0.05, 0.1) is 0 Å². The predicted molar refractivity (Wildman–Crippen MR) is 127 cm³/mol. The summed E-state index contributed by atoms with van der Waals surface area (Å²) < 4.78 is 0. The molecule has 8 heteroatoms. The van der Waals surface area contributed by atoms with Crippen LogP contribution in [0, 0.1) is 0 Å². The Morgan fingerprint density at radius 1 is 1.15 bits per heavy atom. The molecule has 1 aromatic heterocycles. The number of phenolic OH excluding ortho intramolecular Hbond substituents is 1. The first-order chi connectivity index (χ1) is 16.0. The second-order valence-electron chi connectivity index (χ2n) is 9.05. The maximum absolute atomic E-state index is 12.7. The van der Waals surface area contributed by atoms with Gasteiger partial charge in [0, 0.05) is 57.6 Å². The first kappa shape index (κ1) is 23.3. The average Bonchev–Trinajstić information content (AvgIpc) is 2.83. The lowest BCUT2D eigenvalue weighted by atomic mass is 9.87. The van der Waals surface area contributed by atoms with Crippen molar-refractivity contribution in [3.63, 3.8) is 0 Å². The number of aromatic amines is 1. The van der Waals surface area contributed by atoms with Gasteiger partial charge in [0.15, 0.2) is 11.4 Å². The molecule has 8 nitrogen and oxygen atoms in total. The highest BCUT2D eigenvalue weighted by Gasteiger charge is 2.28. The van der Waals surface area contributed by atoms with Crippen LogP contribution in [0.3, 0.4) is 0 Å². The highest BCUT2D eigenvalue weighted by atomic mass is 16.3. The Balaban J connectivity index is 1.30. The van der Waals surface area contributed by atoms with Gasteiger partial charge in [-0.15, -0.1) is 0 Å². The third-order valence-electron chi connectivity index (χ3n) is 6.97. The number of pyridine rings is 1. The van der Waals surface area contributed by atoms with Gasteiger partial charge in [0.2, 0.25) is 5.43 Å². The van der Waals surface area contributed by atoms with Crippen LogP contribution in [0.15, 0.2) is 35.3 Å². The van der Waals surface area contributed by atoms with Gasteiger partial charge in [-0.2, -0.15) is 0 Å². The van der Waals surface area contributed by atoms with Crippen molar-refractivity contribution in [2.24, 2.45) is 0 Å². The fraction of sp³-hybridized carbons (Fsp3) is 0.520. The summed E-state index contributed by atoms with van der Waals surface area (Å²) in [6, 6.07) is 7.55. The summed E-state index contributed by atoms with van der Waals surface area (Å²) >= 11 is 0. The Hall–Kier alpha value is -2.84. The van der Waals surface area contributed by atoms with Gasteiger partial charge >= 0.3 is 0 Å². The SMILES string of the molecule is CCCN(CCN1CCN(C(=O)c2[nH]ccc(=O)c2O)CC1)[C@H]1CCc2c(O)cccc2C1. The molecule has 178 valence electrons. The normalized spacial score (nSPS) is 19.0. The van der Waals surface area contributed by atoms with Gasteiger partial charge in [0.25, 0.3) is 5.91 Å². The van der Waals surface area contributed by atoms with E-state index >= 15 is 0 Å². The van der Waals surface area contributed by atoms with Crippen LogP contribution < -0.4 is 5.43 Å². The summed E-state index contributed by atoms with van der Waals surface area (Å²) in [5, 5.41) is 20.1. The number of aromatic hydroxyl groups is 2. The minimum absolute atomic E-state index is 0.0336. The number of rotatable bonds is 7. The lowest BCUT2D eigenvalue weighted by molar-refractivity contribution is 0.0600. The number of hydrogen-bond acceptors (Lipinski definition) is 6. The molecular formula is C25H34N4O4. The summed E-state index contributed by atoms with van der Waals surface area (Å²) in [6.45, 7) is 7.86. The highest BCUT2D eigenvalue weighted by molar-refractivity contribution is 5.94. The number of nitrogens with one attached hydrogen (secondary N) is 1. The van der Waals surface area contributed by atoms with E-state index in [0.717, 1.165) is 64.0 Å². The minimum atomic E-state index is -0.549. The summed E-state index contributed by atoms with van der Waals surface area (Å²) in [4.78, 5) is 33.7. The maximum atomic E-state index is 12.7. The summed E-state index contributed by atoms with van der Waals surface area (Å²) in [6.07, 6.45) is 5.45. The van der Waals surface area contributed by atoms with Crippen molar-refractivity contribution in [2.45, 2.75) is 38.6 Å². The van der Waals surface area contributed by atoms with Crippen LogP contribution in [0.4, 0.5) is 0 Å². The molecule has 0 spiro atoms. The molecule has 1 amide bonds. The molecule has 1 saturated heterocycles. The topological polar surface area (TPSA) is 100 Å². The van der Waals surface area contributed by atoms with Gasteiger partial charge in [-0.05, 0) is 49.4 Å². The lowest BCUT2D eigenvalue weighted by Crippen LogP contribution is -2.51. The van der Waals surface area contributed by atoms with Crippen molar-refractivity contribution in [3.05, 3.63) is 57.5 Å². The standard InChI is InChI=1S/C25H34N4O4/c1-2-10-28(19-6-7-20-18(17-19)4-3-5-21(20)30)14-11-27-12-15-29(16-13-27)25(33)23-24(32)22(31)8-9-26-23/h3-5,8-9,19,30,32H,2,6-7,10-17H2,1H3,(H,26,31)/t19-/m0/s1. The van der Waals surface area contributed by atoms with Crippen molar-refractivity contribution in [3.8, 4) is 11.5 Å². The third kappa shape index (κ3) is 5.23. The van der Waals surface area contributed by atoms with E-state index in [-0.39, 0.29) is 11.6 Å². The average molecular weight is 455 g/mol. The number of piperazine rings is 1. The largest absolute Gasteiger partial charge is 0.508 e. The number of hydrogen-bond donors (Lipinski definition) is 3. The molecule has 1 atom stereocenters. The van der Waals surface area contributed by atoms with Gasteiger partial charge in [-0.1, -0.05) is 19.1 Å². The van der Waals surface area contributed by atoms with Gasteiger partial charge < -0.3 is 20.1 Å². The zero-order chi connectivity index (χ0) is 23.4. The molecule has 4 rings (SSSR count). The number of aromatic nitrogens is 1. The molecule has 2 aromatic rings. The summed E-state index contributed by atoms with van der Waals surface area (Å²) in [5.41, 5.74) is 1.79. The zero-order valence-corrected chi connectivity index (χ0v) is 19.3. The first-order valence-electron chi connectivity index (χ1n) is 11.9. The fourth-order valence-corrected chi connectivity index (χ4v) is 5.08. The number of phenols is 1. The minimum Gasteiger partial charge on any atom is -0.508 e. The van der Waals surface area contributed by atoms with Gasteiger partial charge in [-0.3, -0.25) is 19.4 Å². The summed E-state index contributed by atoms with van der Waals surface area (Å²) in [7, 11) is 0. The number of carbonyl (C=O) groups is 1. The van der Waals surface area contributed by atoms with E-state index in [4.69, 9.17) is 0 Å². The number of amides is 1. The van der Waals surface area contributed by atoms with Gasteiger partial charge in [-0.25, -0.2) is 0 Å². The molecule has 0 bridgehead atoms. The van der Waals surface area contributed by atoms with Crippen LogP contribution >= 0.6 is 0 Å². The molecule has 1 aromatic carbocycles. The van der Waals surface area contributed by atoms with E-state index < -0.39 is 11.2 Å².